The smallest absolute Gasteiger partial charge is 0.0693 e. The fourth-order valence-electron chi connectivity index (χ4n) is 3.03. The number of aliphatic hydroxyl groups is 1. The van der Waals surface area contributed by atoms with Gasteiger partial charge in [0.05, 0.1) is 6.10 Å². The van der Waals surface area contributed by atoms with Crippen molar-refractivity contribution in [3.63, 3.8) is 0 Å². The van der Waals surface area contributed by atoms with E-state index in [-0.39, 0.29) is 6.10 Å². The monoisotopic (exact) mass is 197 g/mol. The van der Waals surface area contributed by atoms with Gasteiger partial charge in [-0.05, 0) is 44.4 Å². The molecule has 4 atom stereocenters. The minimum atomic E-state index is -0.0734. The van der Waals surface area contributed by atoms with Crippen LogP contribution in [0.4, 0.5) is 0 Å². The molecular formula is C12H23NO. The number of hydrogen-bond acceptors (Lipinski definition) is 2. The van der Waals surface area contributed by atoms with Crippen LogP contribution in [0.3, 0.4) is 0 Å². The summed E-state index contributed by atoms with van der Waals surface area (Å²) in [6.45, 7) is 2.29. The van der Waals surface area contributed by atoms with Gasteiger partial charge in [-0.15, -0.1) is 0 Å². The molecule has 2 N–H and O–H groups in total. The van der Waals surface area contributed by atoms with Gasteiger partial charge >= 0.3 is 0 Å². The first-order valence-electron chi connectivity index (χ1n) is 6.23. The Bertz CT molecular complexity index is 183. The van der Waals surface area contributed by atoms with Crippen molar-refractivity contribution < 1.29 is 5.11 Å². The maximum Gasteiger partial charge on any atom is 0.0693 e. The van der Waals surface area contributed by atoms with Gasteiger partial charge in [-0.1, -0.05) is 13.3 Å². The summed E-state index contributed by atoms with van der Waals surface area (Å²) >= 11 is 0. The molecule has 2 aliphatic carbocycles. The lowest BCUT2D eigenvalue weighted by Gasteiger charge is -2.21. The van der Waals surface area contributed by atoms with E-state index in [2.05, 4.69) is 12.2 Å². The van der Waals surface area contributed by atoms with E-state index in [1.54, 1.807) is 0 Å². The second-order valence-electron chi connectivity index (χ2n) is 5.06. The molecule has 0 aromatic carbocycles. The molecule has 14 heavy (non-hydrogen) atoms. The molecule has 82 valence electrons. The Hall–Kier alpha value is -0.0800. The van der Waals surface area contributed by atoms with E-state index in [4.69, 9.17) is 0 Å². The zero-order valence-electron chi connectivity index (χ0n) is 9.21. The van der Waals surface area contributed by atoms with Crippen molar-refractivity contribution in [2.75, 3.05) is 0 Å². The molecule has 0 aromatic heterocycles. The van der Waals surface area contributed by atoms with Gasteiger partial charge in [0.15, 0.2) is 0 Å². The van der Waals surface area contributed by atoms with E-state index < -0.39 is 0 Å². The third-order valence-electron chi connectivity index (χ3n) is 4.05. The molecule has 0 spiro atoms. The Morgan fingerprint density at radius 2 is 2.07 bits per heavy atom. The number of rotatable bonds is 3. The molecule has 2 aliphatic rings. The summed E-state index contributed by atoms with van der Waals surface area (Å²) in [5.74, 6) is 0.936. The molecule has 2 heteroatoms. The van der Waals surface area contributed by atoms with Crippen LogP contribution >= 0.6 is 0 Å². The molecule has 0 heterocycles. The highest BCUT2D eigenvalue weighted by atomic mass is 16.3. The van der Waals surface area contributed by atoms with E-state index in [0.717, 1.165) is 12.3 Å². The SMILES string of the molecule is CCC1CCC(NC2CCCC2O)C1. The Balaban J connectivity index is 1.75. The van der Waals surface area contributed by atoms with Gasteiger partial charge < -0.3 is 10.4 Å². The molecule has 2 rings (SSSR count). The summed E-state index contributed by atoms with van der Waals surface area (Å²) in [5, 5.41) is 13.4. The van der Waals surface area contributed by atoms with E-state index >= 15 is 0 Å². The first-order chi connectivity index (χ1) is 6.79. The Morgan fingerprint density at radius 3 is 2.64 bits per heavy atom. The van der Waals surface area contributed by atoms with Gasteiger partial charge in [0.1, 0.15) is 0 Å². The zero-order chi connectivity index (χ0) is 9.97. The van der Waals surface area contributed by atoms with Crippen molar-refractivity contribution in [3.8, 4) is 0 Å². The number of aliphatic hydroxyl groups excluding tert-OH is 1. The van der Waals surface area contributed by atoms with Crippen LogP contribution in [0.5, 0.6) is 0 Å². The summed E-state index contributed by atoms with van der Waals surface area (Å²) in [6, 6.07) is 1.09. The van der Waals surface area contributed by atoms with Crippen LogP contribution < -0.4 is 5.32 Å². The highest BCUT2D eigenvalue weighted by Gasteiger charge is 2.30. The van der Waals surface area contributed by atoms with E-state index in [1.165, 1.54) is 38.5 Å². The Labute approximate surface area is 87.1 Å². The average Bonchev–Trinajstić information content (AvgIpc) is 2.77. The lowest BCUT2D eigenvalue weighted by atomic mass is 10.1. The van der Waals surface area contributed by atoms with Crippen LogP contribution in [0, 0.1) is 5.92 Å². The minimum absolute atomic E-state index is 0.0734. The van der Waals surface area contributed by atoms with E-state index in [0.29, 0.717) is 12.1 Å². The molecule has 0 aromatic rings. The lowest BCUT2D eigenvalue weighted by molar-refractivity contribution is 0.142. The predicted octanol–water partition coefficient (Wildman–Crippen LogP) is 2.07. The zero-order valence-corrected chi connectivity index (χ0v) is 9.21. The van der Waals surface area contributed by atoms with Gasteiger partial charge in [-0.3, -0.25) is 0 Å². The molecule has 0 radical (unpaired) electrons. The van der Waals surface area contributed by atoms with Crippen molar-refractivity contribution in [2.24, 2.45) is 5.92 Å². The highest BCUT2D eigenvalue weighted by Crippen LogP contribution is 2.29. The van der Waals surface area contributed by atoms with Crippen LogP contribution in [0.2, 0.25) is 0 Å². The normalized spacial score (nSPS) is 43.3. The fraction of sp³-hybridized carbons (Fsp3) is 1.00. The standard InChI is InChI=1S/C12H23NO/c1-2-9-6-7-10(8-9)13-11-4-3-5-12(11)14/h9-14H,2-8H2,1H3. The van der Waals surface area contributed by atoms with Crippen molar-refractivity contribution >= 4 is 0 Å². The third kappa shape index (κ3) is 2.29. The molecule has 0 amide bonds. The molecular weight excluding hydrogens is 174 g/mol. The maximum atomic E-state index is 9.71. The van der Waals surface area contributed by atoms with Crippen LogP contribution in [-0.2, 0) is 0 Å². The lowest BCUT2D eigenvalue weighted by Crippen LogP contribution is -2.41. The number of nitrogens with one attached hydrogen (secondary N) is 1. The number of hydrogen-bond donors (Lipinski definition) is 2. The van der Waals surface area contributed by atoms with Crippen molar-refractivity contribution in [3.05, 3.63) is 0 Å². The van der Waals surface area contributed by atoms with E-state index in [1.807, 2.05) is 0 Å². The molecule has 0 saturated heterocycles. The molecule has 4 unspecified atom stereocenters. The van der Waals surface area contributed by atoms with Crippen LogP contribution in [-0.4, -0.2) is 23.3 Å². The minimum Gasteiger partial charge on any atom is -0.392 e. The topological polar surface area (TPSA) is 32.3 Å². The van der Waals surface area contributed by atoms with E-state index in [9.17, 15) is 5.11 Å². The predicted molar refractivity (Wildman–Crippen MR) is 58.2 cm³/mol. The molecule has 2 saturated carbocycles. The summed E-state index contributed by atoms with van der Waals surface area (Å²) in [4.78, 5) is 0. The maximum absolute atomic E-state index is 9.71. The summed E-state index contributed by atoms with van der Waals surface area (Å²) in [6.07, 6.45) is 8.67. The second-order valence-corrected chi connectivity index (χ2v) is 5.06. The van der Waals surface area contributed by atoms with Crippen LogP contribution in [0.25, 0.3) is 0 Å². The Kier molecular flexibility index (Phi) is 3.45. The van der Waals surface area contributed by atoms with Gasteiger partial charge in [0.25, 0.3) is 0 Å². The van der Waals surface area contributed by atoms with Crippen molar-refractivity contribution in [1.82, 2.24) is 5.32 Å². The van der Waals surface area contributed by atoms with Gasteiger partial charge in [0, 0.05) is 12.1 Å². The third-order valence-corrected chi connectivity index (χ3v) is 4.05. The summed E-state index contributed by atoms with van der Waals surface area (Å²) in [7, 11) is 0. The molecule has 2 fully saturated rings. The summed E-state index contributed by atoms with van der Waals surface area (Å²) in [5.41, 5.74) is 0. The largest absolute Gasteiger partial charge is 0.392 e. The molecule has 2 nitrogen and oxygen atoms in total. The van der Waals surface area contributed by atoms with Crippen LogP contribution in [0.1, 0.15) is 51.9 Å². The van der Waals surface area contributed by atoms with Gasteiger partial charge in [0.2, 0.25) is 0 Å². The fourth-order valence-corrected chi connectivity index (χ4v) is 3.03. The first kappa shape index (κ1) is 10.4. The highest BCUT2D eigenvalue weighted by molar-refractivity contribution is 4.88. The van der Waals surface area contributed by atoms with Crippen molar-refractivity contribution in [1.29, 1.82) is 0 Å². The molecule has 0 bridgehead atoms. The van der Waals surface area contributed by atoms with Crippen molar-refractivity contribution in [2.45, 2.75) is 70.1 Å². The Morgan fingerprint density at radius 1 is 1.21 bits per heavy atom. The quantitative estimate of drug-likeness (QED) is 0.726. The first-order valence-corrected chi connectivity index (χ1v) is 6.23. The van der Waals surface area contributed by atoms with Gasteiger partial charge in [-0.25, -0.2) is 0 Å². The summed E-state index contributed by atoms with van der Waals surface area (Å²) < 4.78 is 0. The van der Waals surface area contributed by atoms with Gasteiger partial charge in [-0.2, -0.15) is 0 Å². The molecule has 0 aliphatic heterocycles. The van der Waals surface area contributed by atoms with Crippen LogP contribution in [0.15, 0.2) is 0 Å². The second kappa shape index (κ2) is 4.63. The average molecular weight is 197 g/mol.